The van der Waals surface area contributed by atoms with Gasteiger partial charge >= 0.3 is 55.1 Å². The van der Waals surface area contributed by atoms with E-state index in [0.717, 1.165) is 0 Å². The Kier molecular flexibility index (Phi) is 4.51. The van der Waals surface area contributed by atoms with Gasteiger partial charge in [-0.05, 0) is 0 Å². The van der Waals surface area contributed by atoms with Gasteiger partial charge in [0.25, 0.3) is 0 Å². The average Bonchev–Trinajstić information content (AvgIpc) is 1.82. The maximum atomic E-state index is 10.4. The topological polar surface area (TPSA) is 41.7 Å². The summed E-state index contributed by atoms with van der Waals surface area (Å²) in [5.41, 5.74) is 0. The number of carbonyl (C=O) groups is 1. The van der Waals surface area contributed by atoms with Gasteiger partial charge in [0.1, 0.15) is 0 Å². The third-order valence-corrected chi connectivity index (χ3v) is 1.22. The zero-order valence-corrected chi connectivity index (χ0v) is 6.14. The van der Waals surface area contributed by atoms with Gasteiger partial charge in [-0.1, -0.05) is 0 Å². The van der Waals surface area contributed by atoms with E-state index in [9.17, 15) is 4.79 Å². The van der Waals surface area contributed by atoms with Gasteiger partial charge in [-0.25, -0.2) is 0 Å². The summed E-state index contributed by atoms with van der Waals surface area (Å²) in [7, 11) is 3.58. The summed E-state index contributed by atoms with van der Waals surface area (Å²) in [5, 5.41) is 8.48. The molecule has 0 rings (SSSR count). The molecule has 9 heavy (non-hydrogen) atoms. The predicted molar refractivity (Wildman–Crippen MR) is 36.5 cm³/mol. The van der Waals surface area contributed by atoms with E-state index < -0.39 is 0 Å². The van der Waals surface area contributed by atoms with Crippen molar-refractivity contribution in [2.45, 2.75) is 19.4 Å². The van der Waals surface area contributed by atoms with Crippen LogP contribution in [0.4, 0.5) is 0 Å². The van der Waals surface area contributed by atoms with Gasteiger partial charge < -0.3 is 0 Å². The Morgan fingerprint density at radius 1 is 1.89 bits per heavy atom. The molecule has 0 aliphatic carbocycles. The average molecular weight is 146 g/mol. The van der Waals surface area contributed by atoms with Crippen LogP contribution in [0.2, 0.25) is 0 Å². The fourth-order valence-corrected chi connectivity index (χ4v) is 0.628. The third-order valence-electron chi connectivity index (χ3n) is 0.897. The molecule has 0 heterocycles. The zero-order valence-electron chi connectivity index (χ0n) is 5.24. The Morgan fingerprint density at radius 3 is 2.56 bits per heavy atom. The van der Waals surface area contributed by atoms with Gasteiger partial charge in [0.15, 0.2) is 0 Å². The number of carbonyl (C=O) groups excluding carboxylic acids is 1. The second kappa shape index (κ2) is 4.63. The van der Waals surface area contributed by atoms with Crippen molar-refractivity contribution in [2.75, 3.05) is 6.61 Å². The summed E-state index contributed by atoms with van der Waals surface area (Å²) in [6.07, 6.45) is 0.278. The molecule has 0 saturated carbocycles. The van der Waals surface area contributed by atoms with Crippen LogP contribution in [0.3, 0.4) is 0 Å². The van der Waals surface area contributed by atoms with E-state index in [1.807, 2.05) is 0 Å². The van der Waals surface area contributed by atoms with Gasteiger partial charge in [-0.2, -0.15) is 0 Å². The van der Waals surface area contributed by atoms with Crippen LogP contribution in [0, 0.1) is 0 Å². The number of aliphatic hydroxyl groups is 1. The molecule has 0 fully saturated rings. The van der Waals surface area contributed by atoms with Gasteiger partial charge in [0.05, 0.1) is 0 Å². The summed E-state index contributed by atoms with van der Waals surface area (Å²) in [5.74, 6) is 0.0202. The van der Waals surface area contributed by atoms with Crippen molar-refractivity contribution in [1.29, 1.82) is 0 Å². The van der Waals surface area contributed by atoms with Gasteiger partial charge in [0.2, 0.25) is 0 Å². The van der Waals surface area contributed by atoms with Crippen molar-refractivity contribution in [3.8, 4) is 0 Å². The van der Waals surface area contributed by atoms with Crippen LogP contribution < -0.4 is 0 Å². The second-order valence-electron chi connectivity index (χ2n) is 1.86. The van der Waals surface area contributed by atoms with E-state index in [2.05, 4.69) is 13.5 Å². The number of Topliss-reactive ketones (excluding diaryl/α,β-unsaturated/α-hetero) is 1. The van der Waals surface area contributed by atoms with Crippen LogP contribution in [0.25, 0.3) is 4.59 Å². The first-order valence-corrected chi connectivity index (χ1v) is 3.05. The Morgan fingerprint density at radius 2 is 2.44 bits per heavy atom. The van der Waals surface area contributed by atoms with Crippen molar-refractivity contribution in [3.05, 3.63) is 4.59 Å². The van der Waals surface area contributed by atoms with E-state index >= 15 is 0 Å². The molecule has 0 aromatic heterocycles. The molecule has 1 atom stereocenters. The number of hydrogen-bond donors (Lipinski definition) is 1. The summed E-state index contributed by atoms with van der Waals surface area (Å²) >= 11 is 0. The minimum atomic E-state index is -0.328. The summed E-state index contributed by atoms with van der Waals surface area (Å²) in [6.45, 7) is 1.35. The fourth-order valence-electron chi connectivity index (χ4n) is 0.474. The number of ketones is 1. The molecule has 0 aromatic carbocycles. The molecule has 0 saturated heterocycles. The molecule has 0 aliphatic heterocycles. The first-order chi connectivity index (χ1) is 4.20. The zero-order chi connectivity index (χ0) is 7.28. The molecule has 0 spiro atoms. The first-order valence-electron chi connectivity index (χ1n) is 2.65. The monoisotopic (exact) mass is 146 g/mol. The summed E-state index contributed by atoms with van der Waals surface area (Å²) < 4.78 is 3.47. The van der Waals surface area contributed by atoms with Crippen LogP contribution in [-0.2, 0) is 4.79 Å². The molecule has 0 radical (unpaired) electrons. The van der Waals surface area contributed by atoms with Crippen molar-refractivity contribution >= 4 is 14.7 Å². The molecular weight excluding hydrogens is 137 g/mol. The van der Waals surface area contributed by atoms with Crippen LogP contribution in [0.15, 0.2) is 0 Å². The second-order valence-corrected chi connectivity index (χ2v) is 2.09. The standard InChI is InChI=1S/C5H9NO2P/c1-4(8)2-5(3-7)6-9/h5,7H,2-3H2,1H3/q+1. The van der Waals surface area contributed by atoms with E-state index in [4.69, 9.17) is 5.11 Å². The third kappa shape index (κ3) is 4.28. The molecule has 0 bridgehead atoms. The number of nitrogens with zero attached hydrogens (tertiary/aromatic N) is 1. The van der Waals surface area contributed by atoms with Crippen LogP contribution in [-0.4, -0.2) is 23.5 Å². The van der Waals surface area contributed by atoms with Crippen molar-refractivity contribution in [1.82, 2.24) is 0 Å². The Bertz CT molecular complexity index is 140. The van der Waals surface area contributed by atoms with Crippen molar-refractivity contribution in [3.63, 3.8) is 0 Å². The summed E-state index contributed by atoms with van der Waals surface area (Å²) in [6, 6.07) is -0.328. The number of aliphatic hydroxyl groups excluding tert-OH is 1. The van der Waals surface area contributed by atoms with Gasteiger partial charge in [-0.15, -0.1) is 0 Å². The molecule has 0 aromatic rings. The number of rotatable bonds is 3. The van der Waals surface area contributed by atoms with Gasteiger partial charge in [0, 0.05) is 0 Å². The molecule has 50 valence electrons. The molecule has 0 aliphatic rings. The summed E-state index contributed by atoms with van der Waals surface area (Å²) in [4.78, 5) is 10.4. The molecular formula is C5H9NO2P+. The molecule has 4 heteroatoms. The Hall–Kier alpha value is -0.230. The van der Waals surface area contributed by atoms with Crippen molar-refractivity contribution < 1.29 is 9.90 Å². The molecule has 0 amide bonds. The van der Waals surface area contributed by atoms with Crippen LogP contribution in [0.5, 0.6) is 0 Å². The molecule has 3 nitrogen and oxygen atoms in total. The van der Waals surface area contributed by atoms with E-state index in [-0.39, 0.29) is 24.9 Å². The quantitative estimate of drug-likeness (QED) is 0.604. The van der Waals surface area contributed by atoms with Crippen molar-refractivity contribution in [2.24, 2.45) is 0 Å². The maximum absolute atomic E-state index is 10.4. The van der Waals surface area contributed by atoms with Crippen LogP contribution in [0.1, 0.15) is 13.3 Å². The fraction of sp³-hybridized carbons (Fsp3) is 0.800. The Balaban J connectivity index is 3.60. The minimum absolute atomic E-state index is 0.0202. The normalized spacial score (nSPS) is 12.1. The molecule has 1 N–H and O–H groups in total. The van der Waals surface area contributed by atoms with E-state index in [1.165, 1.54) is 6.92 Å². The van der Waals surface area contributed by atoms with E-state index in [1.54, 1.807) is 0 Å². The first kappa shape index (κ1) is 8.77. The SMILES string of the molecule is CC(=O)CC(CO)[N+]#P. The van der Waals surface area contributed by atoms with Crippen LogP contribution >= 0.6 is 8.88 Å². The number of hydrogen-bond acceptors (Lipinski definition) is 2. The van der Waals surface area contributed by atoms with Gasteiger partial charge in [-0.3, -0.25) is 0 Å². The Labute approximate surface area is 56.1 Å². The van der Waals surface area contributed by atoms with E-state index in [0.29, 0.717) is 0 Å². The predicted octanol–water partition coefficient (Wildman–Crippen LogP) is 1.03. The molecule has 1 unspecified atom stereocenters.